The third-order valence-electron chi connectivity index (χ3n) is 5.04. The zero-order chi connectivity index (χ0) is 20.6. The van der Waals surface area contributed by atoms with Crippen molar-refractivity contribution in [1.29, 1.82) is 0 Å². The molecule has 0 unspecified atom stereocenters. The van der Waals surface area contributed by atoms with Gasteiger partial charge in [-0.15, -0.1) is 0 Å². The number of hydrazone groups is 1. The minimum Gasteiger partial charge on any atom is -0.497 e. The summed E-state index contributed by atoms with van der Waals surface area (Å²) >= 11 is 0. The predicted octanol–water partition coefficient (Wildman–Crippen LogP) is 4.36. The lowest BCUT2D eigenvalue weighted by Gasteiger charge is -2.28. The van der Waals surface area contributed by atoms with Crippen molar-refractivity contribution in [1.82, 2.24) is 15.0 Å². The summed E-state index contributed by atoms with van der Waals surface area (Å²) in [5, 5.41) is 6.38. The van der Waals surface area contributed by atoms with Gasteiger partial charge in [0.15, 0.2) is 0 Å². The first-order valence-electron chi connectivity index (χ1n) is 9.63. The Kier molecular flexibility index (Phi) is 4.78. The molecule has 6 heteroatoms. The Labute approximate surface area is 170 Å². The highest BCUT2D eigenvalue weighted by atomic mass is 16.5. The Hall–Kier alpha value is -3.28. The van der Waals surface area contributed by atoms with E-state index in [-0.39, 0.29) is 11.9 Å². The van der Waals surface area contributed by atoms with E-state index in [4.69, 9.17) is 9.84 Å². The number of nitrogens with zero attached hydrogens (tertiary/aromatic N) is 4. The van der Waals surface area contributed by atoms with Gasteiger partial charge >= 0.3 is 0 Å². The average molecular weight is 388 g/mol. The number of rotatable bonds is 3. The van der Waals surface area contributed by atoms with E-state index in [0.717, 1.165) is 33.6 Å². The van der Waals surface area contributed by atoms with Crippen LogP contribution in [-0.2, 0) is 4.79 Å². The van der Waals surface area contributed by atoms with E-state index < -0.39 is 5.41 Å². The van der Waals surface area contributed by atoms with Gasteiger partial charge in [-0.1, -0.05) is 39.0 Å². The summed E-state index contributed by atoms with van der Waals surface area (Å²) in [6, 6.07) is 13.6. The van der Waals surface area contributed by atoms with Gasteiger partial charge in [0.25, 0.3) is 0 Å². The van der Waals surface area contributed by atoms with E-state index in [1.165, 1.54) is 0 Å². The van der Waals surface area contributed by atoms with Crippen molar-refractivity contribution in [2.24, 2.45) is 10.5 Å². The van der Waals surface area contributed by atoms with Crippen LogP contribution in [0, 0.1) is 5.41 Å². The second kappa shape index (κ2) is 7.28. The van der Waals surface area contributed by atoms with Crippen LogP contribution in [0.5, 0.6) is 5.75 Å². The normalized spacial score (nSPS) is 16.8. The quantitative estimate of drug-likeness (QED) is 0.668. The highest BCUT2D eigenvalue weighted by Crippen LogP contribution is 2.37. The van der Waals surface area contributed by atoms with Crippen molar-refractivity contribution in [3.63, 3.8) is 0 Å². The van der Waals surface area contributed by atoms with Gasteiger partial charge in [0, 0.05) is 29.8 Å². The number of hydrogen-bond donors (Lipinski definition) is 0. The summed E-state index contributed by atoms with van der Waals surface area (Å²) < 4.78 is 5.35. The first-order valence-corrected chi connectivity index (χ1v) is 9.63. The van der Waals surface area contributed by atoms with Crippen molar-refractivity contribution < 1.29 is 9.53 Å². The van der Waals surface area contributed by atoms with Gasteiger partial charge in [0.2, 0.25) is 5.91 Å². The summed E-state index contributed by atoms with van der Waals surface area (Å²) in [7, 11) is 1.64. The first-order chi connectivity index (χ1) is 13.9. The number of aromatic nitrogens is 2. The summed E-state index contributed by atoms with van der Waals surface area (Å²) in [6.07, 6.45) is 3.98. The minimum atomic E-state index is -0.539. The number of amides is 1. The van der Waals surface area contributed by atoms with Crippen molar-refractivity contribution in [2.45, 2.75) is 33.2 Å². The van der Waals surface area contributed by atoms with Crippen LogP contribution in [0.3, 0.4) is 0 Å². The zero-order valence-corrected chi connectivity index (χ0v) is 17.1. The molecule has 1 aliphatic heterocycles. The van der Waals surface area contributed by atoms with Crippen molar-refractivity contribution in [3.05, 3.63) is 66.0 Å². The van der Waals surface area contributed by atoms with Gasteiger partial charge in [0.05, 0.1) is 29.9 Å². The van der Waals surface area contributed by atoms with Gasteiger partial charge < -0.3 is 4.74 Å². The van der Waals surface area contributed by atoms with E-state index in [1.54, 1.807) is 24.5 Å². The molecule has 0 bridgehead atoms. The van der Waals surface area contributed by atoms with Crippen LogP contribution in [-0.4, -0.2) is 33.7 Å². The number of ether oxygens (including phenoxy) is 1. The molecule has 6 nitrogen and oxygen atoms in total. The van der Waals surface area contributed by atoms with Crippen LogP contribution in [0.25, 0.3) is 11.0 Å². The molecule has 148 valence electrons. The lowest BCUT2D eigenvalue weighted by molar-refractivity contribution is -0.141. The topological polar surface area (TPSA) is 67.7 Å². The molecule has 0 N–H and O–H groups in total. The minimum absolute atomic E-state index is 0.0142. The fourth-order valence-electron chi connectivity index (χ4n) is 3.47. The number of hydrogen-bond acceptors (Lipinski definition) is 5. The molecule has 1 aromatic heterocycles. The van der Waals surface area contributed by atoms with E-state index in [9.17, 15) is 4.79 Å². The highest BCUT2D eigenvalue weighted by Gasteiger charge is 2.38. The zero-order valence-electron chi connectivity index (χ0n) is 17.1. The molecular weight excluding hydrogens is 364 g/mol. The van der Waals surface area contributed by atoms with Gasteiger partial charge in [0.1, 0.15) is 5.75 Å². The standard InChI is InChI=1S/C23H24N4O2/c1-23(2,3)22(28)27-21(16-8-9-18-20(13-16)25-11-10-24-18)14-19(26-27)15-6-5-7-17(12-15)29-4/h5-13,21H,14H2,1-4H3/t21-/m1/s1. The molecule has 0 aliphatic carbocycles. The van der Waals surface area contributed by atoms with Crippen LogP contribution < -0.4 is 4.74 Å². The molecule has 0 fully saturated rings. The van der Waals surface area contributed by atoms with Gasteiger partial charge in [-0.25, -0.2) is 5.01 Å². The Morgan fingerprint density at radius 2 is 1.83 bits per heavy atom. The van der Waals surface area contributed by atoms with Crippen LogP contribution in [0.2, 0.25) is 0 Å². The molecule has 1 amide bonds. The van der Waals surface area contributed by atoms with Crippen LogP contribution >= 0.6 is 0 Å². The third-order valence-corrected chi connectivity index (χ3v) is 5.04. The molecule has 2 heterocycles. The van der Waals surface area contributed by atoms with E-state index >= 15 is 0 Å². The molecule has 3 aromatic rings. The lowest BCUT2D eigenvalue weighted by Crippen LogP contribution is -2.36. The smallest absolute Gasteiger partial charge is 0.248 e. The van der Waals surface area contributed by atoms with Crippen LogP contribution in [0.15, 0.2) is 60.0 Å². The monoisotopic (exact) mass is 388 g/mol. The molecule has 2 aromatic carbocycles. The summed E-state index contributed by atoms with van der Waals surface area (Å²) in [4.78, 5) is 21.9. The second-order valence-electron chi connectivity index (χ2n) is 8.20. The Bertz CT molecular complexity index is 1100. The summed E-state index contributed by atoms with van der Waals surface area (Å²) in [5.74, 6) is 0.753. The number of benzene rings is 2. The third kappa shape index (κ3) is 3.70. The summed E-state index contributed by atoms with van der Waals surface area (Å²) in [5.41, 5.74) is 3.92. The Morgan fingerprint density at radius 1 is 1.07 bits per heavy atom. The Morgan fingerprint density at radius 3 is 2.55 bits per heavy atom. The fourth-order valence-corrected chi connectivity index (χ4v) is 3.47. The fraction of sp³-hybridized carbons (Fsp3) is 0.304. The number of carbonyl (C=O) groups is 1. The molecule has 1 atom stereocenters. The molecule has 4 rings (SSSR count). The molecule has 0 saturated carbocycles. The number of methoxy groups -OCH3 is 1. The van der Waals surface area contributed by atoms with Crippen molar-refractivity contribution in [3.8, 4) is 5.75 Å². The lowest BCUT2D eigenvalue weighted by atomic mass is 9.92. The van der Waals surface area contributed by atoms with Gasteiger partial charge in [-0.05, 0) is 29.8 Å². The predicted molar refractivity (Wildman–Crippen MR) is 113 cm³/mol. The molecule has 1 aliphatic rings. The SMILES string of the molecule is COc1cccc(C2=NN(C(=O)C(C)(C)C)[C@@H](c3ccc4nccnc4c3)C2)c1. The maximum absolute atomic E-state index is 13.2. The first kappa shape index (κ1) is 19.1. The highest BCUT2D eigenvalue weighted by molar-refractivity contribution is 6.03. The van der Waals surface area contributed by atoms with E-state index in [2.05, 4.69) is 9.97 Å². The van der Waals surface area contributed by atoms with Gasteiger partial charge in [-0.3, -0.25) is 14.8 Å². The van der Waals surface area contributed by atoms with Crippen LogP contribution in [0.4, 0.5) is 0 Å². The summed E-state index contributed by atoms with van der Waals surface area (Å²) in [6.45, 7) is 5.74. The average Bonchev–Trinajstić information content (AvgIpc) is 3.17. The molecule has 0 radical (unpaired) electrons. The van der Waals surface area contributed by atoms with Gasteiger partial charge in [-0.2, -0.15) is 5.10 Å². The molecular formula is C23H24N4O2. The van der Waals surface area contributed by atoms with E-state index in [1.807, 2.05) is 63.2 Å². The maximum Gasteiger partial charge on any atom is 0.248 e. The Balaban J connectivity index is 1.76. The molecule has 0 spiro atoms. The maximum atomic E-state index is 13.2. The largest absolute Gasteiger partial charge is 0.497 e. The van der Waals surface area contributed by atoms with Crippen molar-refractivity contribution >= 4 is 22.7 Å². The molecule has 0 saturated heterocycles. The van der Waals surface area contributed by atoms with Crippen molar-refractivity contribution in [2.75, 3.05) is 7.11 Å². The van der Waals surface area contributed by atoms with E-state index in [0.29, 0.717) is 6.42 Å². The second-order valence-corrected chi connectivity index (χ2v) is 8.20. The molecule has 29 heavy (non-hydrogen) atoms. The number of fused-ring (bicyclic) bond motifs is 1. The van der Waals surface area contributed by atoms with Crippen LogP contribution in [0.1, 0.15) is 44.4 Å². The number of carbonyl (C=O) groups excluding carboxylic acids is 1.